The number of benzene rings is 4. The van der Waals surface area contributed by atoms with Gasteiger partial charge in [0, 0.05) is 0 Å². The van der Waals surface area contributed by atoms with Gasteiger partial charge >= 0.3 is 0 Å². The Kier molecular flexibility index (Phi) is 5.32. The van der Waals surface area contributed by atoms with Crippen molar-refractivity contribution >= 4 is 0 Å². The summed E-state index contributed by atoms with van der Waals surface area (Å²) in [5, 5.41) is 21.0. The standard InChI is InChI=1S/C29H28O2/c1-19-15-25(16-20(2)27(19)30)29(23-11-7-5-8-12-23,24-13-9-6-10-14-24)26-17-21(3)28(31)22(4)18-26/h5-18,30-31H,1-4H3. The van der Waals surface area contributed by atoms with Crippen LogP contribution in [0.2, 0.25) is 0 Å². The second kappa shape index (κ2) is 7.96. The number of hydrogen-bond donors (Lipinski definition) is 2. The number of hydrogen-bond acceptors (Lipinski definition) is 2. The minimum atomic E-state index is -0.602. The molecule has 0 radical (unpaired) electrons. The lowest BCUT2D eigenvalue weighted by molar-refractivity contribution is 0.465. The number of phenolic OH excluding ortho intramolecular Hbond substituents is 2. The van der Waals surface area contributed by atoms with Gasteiger partial charge in [-0.3, -0.25) is 0 Å². The van der Waals surface area contributed by atoms with Crippen molar-refractivity contribution in [2.24, 2.45) is 0 Å². The lowest BCUT2D eigenvalue weighted by Gasteiger charge is -2.38. The molecule has 31 heavy (non-hydrogen) atoms. The predicted molar refractivity (Wildman–Crippen MR) is 127 cm³/mol. The molecule has 0 unspecified atom stereocenters. The van der Waals surface area contributed by atoms with Crippen LogP contribution in [0.3, 0.4) is 0 Å². The first-order valence-corrected chi connectivity index (χ1v) is 10.6. The van der Waals surface area contributed by atoms with Crippen LogP contribution in [0.5, 0.6) is 11.5 Å². The quantitative estimate of drug-likeness (QED) is 0.368. The summed E-state index contributed by atoms with van der Waals surface area (Å²) >= 11 is 0. The van der Waals surface area contributed by atoms with Crippen molar-refractivity contribution in [1.82, 2.24) is 0 Å². The Morgan fingerprint density at radius 1 is 0.452 bits per heavy atom. The van der Waals surface area contributed by atoms with Crippen LogP contribution in [0, 0.1) is 27.7 Å². The van der Waals surface area contributed by atoms with E-state index in [1.807, 2.05) is 39.8 Å². The molecule has 4 aromatic carbocycles. The molecule has 0 spiro atoms. The van der Waals surface area contributed by atoms with E-state index in [1.165, 1.54) is 0 Å². The molecule has 0 amide bonds. The highest BCUT2D eigenvalue weighted by Crippen LogP contribution is 2.47. The van der Waals surface area contributed by atoms with E-state index in [1.54, 1.807) is 0 Å². The minimum absolute atomic E-state index is 0.330. The van der Waals surface area contributed by atoms with E-state index in [0.29, 0.717) is 11.5 Å². The molecule has 0 aliphatic carbocycles. The summed E-state index contributed by atoms with van der Waals surface area (Å²) in [6.07, 6.45) is 0. The topological polar surface area (TPSA) is 40.5 Å². The number of phenols is 2. The average Bonchev–Trinajstić information content (AvgIpc) is 2.77. The fourth-order valence-electron chi connectivity index (χ4n) is 4.72. The van der Waals surface area contributed by atoms with E-state index in [9.17, 15) is 10.2 Å². The third kappa shape index (κ3) is 3.38. The van der Waals surface area contributed by atoms with Crippen LogP contribution >= 0.6 is 0 Å². The van der Waals surface area contributed by atoms with Crippen molar-refractivity contribution in [3.63, 3.8) is 0 Å². The molecule has 0 saturated carbocycles. The highest BCUT2D eigenvalue weighted by atomic mass is 16.3. The van der Waals surface area contributed by atoms with E-state index in [2.05, 4.69) is 72.8 Å². The zero-order valence-corrected chi connectivity index (χ0v) is 18.5. The molecule has 0 aliphatic heterocycles. The minimum Gasteiger partial charge on any atom is -0.507 e. The zero-order valence-electron chi connectivity index (χ0n) is 18.5. The molecule has 0 fully saturated rings. The van der Waals surface area contributed by atoms with Gasteiger partial charge in [0.05, 0.1) is 5.41 Å². The molecule has 156 valence electrons. The van der Waals surface area contributed by atoms with Crippen LogP contribution in [-0.2, 0) is 5.41 Å². The molecule has 4 aromatic rings. The highest BCUT2D eigenvalue weighted by molar-refractivity contribution is 5.63. The van der Waals surface area contributed by atoms with Gasteiger partial charge in [-0.2, -0.15) is 0 Å². The molecule has 4 rings (SSSR count). The van der Waals surface area contributed by atoms with Crippen LogP contribution in [0.4, 0.5) is 0 Å². The molecule has 2 N–H and O–H groups in total. The molecular weight excluding hydrogens is 380 g/mol. The van der Waals surface area contributed by atoms with Crippen molar-refractivity contribution in [1.29, 1.82) is 0 Å². The van der Waals surface area contributed by atoms with Crippen LogP contribution in [-0.4, -0.2) is 10.2 Å². The van der Waals surface area contributed by atoms with Crippen molar-refractivity contribution in [3.05, 3.63) is 129 Å². The van der Waals surface area contributed by atoms with Crippen LogP contribution in [0.15, 0.2) is 84.9 Å². The van der Waals surface area contributed by atoms with Crippen molar-refractivity contribution in [2.75, 3.05) is 0 Å². The normalized spacial score (nSPS) is 11.5. The Balaban J connectivity index is 2.21. The summed E-state index contributed by atoms with van der Waals surface area (Å²) < 4.78 is 0. The van der Waals surface area contributed by atoms with E-state index in [0.717, 1.165) is 44.5 Å². The molecule has 0 aromatic heterocycles. The van der Waals surface area contributed by atoms with Crippen LogP contribution < -0.4 is 0 Å². The molecular formula is C29H28O2. The van der Waals surface area contributed by atoms with Gasteiger partial charge in [0.2, 0.25) is 0 Å². The maximum absolute atomic E-state index is 10.5. The number of aromatic hydroxyl groups is 2. The van der Waals surface area contributed by atoms with E-state index in [-0.39, 0.29) is 0 Å². The summed E-state index contributed by atoms with van der Waals surface area (Å²) in [6.45, 7) is 7.78. The maximum Gasteiger partial charge on any atom is 0.121 e. The van der Waals surface area contributed by atoms with E-state index >= 15 is 0 Å². The van der Waals surface area contributed by atoms with Crippen molar-refractivity contribution < 1.29 is 10.2 Å². The second-order valence-electron chi connectivity index (χ2n) is 8.40. The Morgan fingerprint density at radius 2 is 0.742 bits per heavy atom. The van der Waals surface area contributed by atoms with E-state index < -0.39 is 5.41 Å². The fraction of sp³-hybridized carbons (Fsp3) is 0.172. The van der Waals surface area contributed by atoms with Gasteiger partial charge in [0.15, 0.2) is 0 Å². The first-order valence-electron chi connectivity index (χ1n) is 10.6. The first kappa shape index (κ1) is 20.7. The highest BCUT2D eigenvalue weighted by Gasteiger charge is 2.39. The lowest BCUT2D eigenvalue weighted by atomic mass is 9.64. The Hall–Kier alpha value is -3.52. The van der Waals surface area contributed by atoms with E-state index in [4.69, 9.17) is 0 Å². The lowest BCUT2D eigenvalue weighted by Crippen LogP contribution is -2.31. The summed E-state index contributed by atoms with van der Waals surface area (Å²) in [5.41, 5.74) is 7.22. The van der Waals surface area contributed by atoms with Gasteiger partial charge in [-0.15, -0.1) is 0 Å². The summed E-state index contributed by atoms with van der Waals surface area (Å²) in [5.74, 6) is 0.661. The monoisotopic (exact) mass is 408 g/mol. The van der Waals surface area contributed by atoms with Crippen LogP contribution in [0.1, 0.15) is 44.5 Å². The smallest absolute Gasteiger partial charge is 0.121 e. The fourth-order valence-corrected chi connectivity index (χ4v) is 4.72. The summed E-state index contributed by atoms with van der Waals surface area (Å²) in [6, 6.07) is 29.3. The summed E-state index contributed by atoms with van der Waals surface area (Å²) in [4.78, 5) is 0. The molecule has 0 aliphatic rings. The molecule has 0 atom stereocenters. The molecule has 2 heteroatoms. The second-order valence-corrected chi connectivity index (χ2v) is 8.40. The molecule has 2 nitrogen and oxygen atoms in total. The molecule has 0 heterocycles. The third-order valence-electron chi connectivity index (χ3n) is 6.26. The van der Waals surface area contributed by atoms with Crippen molar-refractivity contribution in [2.45, 2.75) is 33.1 Å². The van der Waals surface area contributed by atoms with Gasteiger partial charge in [0.1, 0.15) is 11.5 Å². The third-order valence-corrected chi connectivity index (χ3v) is 6.26. The molecule has 0 saturated heterocycles. The largest absolute Gasteiger partial charge is 0.507 e. The Bertz CT molecular complexity index is 1080. The van der Waals surface area contributed by atoms with Gasteiger partial charge < -0.3 is 10.2 Å². The number of aryl methyl sites for hydroxylation is 4. The van der Waals surface area contributed by atoms with Crippen LogP contribution in [0.25, 0.3) is 0 Å². The van der Waals surface area contributed by atoms with Gasteiger partial charge in [-0.05, 0) is 72.2 Å². The predicted octanol–water partition coefficient (Wildman–Crippen LogP) is 6.71. The Morgan fingerprint density at radius 3 is 1.03 bits per heavy atom. The SMILES string of the molecule is Cc1cc(C(c2ccccc2)(c2ccccc2)c2cc(C)c(O)c(C)c2)cc(C)c1O. The number of rotatable bonds is 4. The van der Waals surface area contributed by atoms with Crippen molar-refractivity contribution in [3.8, 4) is 11.5 Å². The van der Waals surface area contributed by atoms with Gasteiger partial charge in [-0.25, -0.2) is 0 Å². The summed E-state index contributed by atoms with van der Waals surface area (Å²) in [7, 11) is 0. The van der Waals surface area contributed by atoms with Gasteiger partial charge in [0.25, 0.3) is 0 Å². The average molecular weight is 409 g/mol. The first-order chi connectivity index (χ1) is 14.9. The molecule has 0 bridgehead atoms. The van der Waals surface area contributed by atoms with Gasteiger partial charge in [-0.1, -0.05) is 84.9 Å². The Labute approximate surface area is 184 Å². The zero-order chi connectivity index (χ0) is 22.2. The maximum atomic E-state index is 10.5.